The van der Waals surface area contributed by atoms with Crippen LogP contribution >= 0.6 is 0 Å². The Balaban J connectivity index is 2.56. The Morgan fingerprint density at radius 3 is 2.44 bits per heavy atom. The zero-order valence-corrected chi connectivity index (χ0v) is 11.4. The first-order chi connectivity index (χ1) is 8.41. The van der Waals surface area contributed by atoms with Gasteiger partial charge in [-0.3, -0.25) is 4.79 Å². The van der Waals surface area contributed by atoms with Gasteiger partial charge in [0, 0.05) is 6.42 Å². The van der Waals surface area contributed by atoms with E-state index in [0.29, 0.717) is 6.42 Å². The van der Waals surface area contributed by atoms with Crippen LogP contribution in [-0.2, 0) is 15.7 Å². The lowest BCUT2D eigenvalue weighted by atomic mass is 9.64. The quantitative estimate of drug-likeness (QED) is 0.857. The molecule has 1 aromatic rings. The van der Waals surface area contributed by atoms with Crippen molar-refractivity contribution in [3.8, 4) is 0 Å². The molecule has 0 aliphatic heterocycles. The molecular formula is C15H22N2O. The second-order valence-corrected chi connectivity index (χ2v) is 5.90. The molecule has 3 N–H and O–H groups in total. The zero-order valence-electron chi connectivity index (χ0n) is 11.4. The first kappa shape index (κ1) is 13.1. The lowest BCUT2D eigenvalue weighted by Crippen LogP contribution is -2.48. The number of benzene rings is 1. The predicted octanol–water partition coefficient (Wildman–Crippen LogP) is 2.05. The fourth-order valence-electron chi connectivity index (χ4n) is 3.11. The van der Waals surface area contributed by atoms with Crippen molar-refractivity contribution < 1.29 is 4.79 Å². The standard InChI is InChI=1S/C15H22N2O/c1-14(2)8-9-15(17-3,10-13(16)18)12-7-5-4-6-11(12)14/h4-7,17H,8-10H2,1-3H3,(H2,16,18). The Hall–Kier alpha value is -1.35. The number of hydrogen-bond acceptors (Lipinski definition) is 2. The van der Waals surface area contributed by atoms with Crippen LogP contribution in [0.25, 0.3) is 0 Å². The van der Waals surface area contributed by atoms with E-state index < -0.39 is 0 Å². The molecule has 1 aromatic carbocycles. The molecule has 0 saturated carbocycles. The molecule has 0 heterocycles. The second-order valence-electron chi connectivity index (χ2n) is 5.90. The highest BCUT2D eigenvalue weighted by Crippen LogP contribution is 2.45. The third-order valence-corrected chi connectivity index (χ3v) is 4.30. The van der Waals surface area contributed by atoms with Crippen LogP contribution in [0.5, 0.6) is 0 Å². The van der Waals surface area contributed by atoms with Crippen molar-refractivity contribution in [3.63, 3.8) is 0 Å². The molecule has 3 nitrogen and oxygen atoms in total. The minimum Gasteiger partial charge on any atom is -0.370 e. The molecule has 0 aromatic heterocycles. The van der Waals surface area contributed by atoms with Gasteiger partial charge in [-0.05, 0) is 36.4 Å². The Morgan fingerprint density at radius 2 is 1.89 bits per heavy atom. The number of carbonyl (C=O) groups excluding carboxylic acids is 1. The van der Waals surface area contributed by atoms with E-state index in [1.807, 2.05) is 13.1 Å². The highest BCUT2D eigenvalue weighted by molar-refractivity contribution is 5.75. The molecule has 18 heavy (non-hydrogen) atoms. The molecule has 1 aliphatic rings. The molecule has 0 spiro atoms. The number of primary amides is 1. The van der Waals surface area contributed by atoms with Gasteiger partial charge in [0.15, 0.2) is 0 Å². The van der Waals surface area contributed by atoms with Crippen molar-refractivity contribution in [1.82, 2.24) is 5.32 Å². The number of carbonyl (C=O) groups is 1. The molecule has 1 unspecified atom stereocenters. The maximum Gasteiger partial charge on any atom is 0.219 e. The minimum absolute atomic E-state index is 0.161. The van der Waals surface area contributed by atoms with E-state index in [9.17, 15) is 4.79 Å². The fourth-order valence-corrected chi connectivity index (χ4v) is 3.11. The van der Waals surface area contributed by atoms with E-state index in [1.165, 1.54) is 11.1 Å². The highest BCUT2D eigenvalue weighted by Gasteiger charge is 2.42. The average Bonchev–Trinajstić information content (AvgIpc) is 2.33. The summed E-state index contributed by atoms with van der Waals surface area (Å²) in [5.41, 5.74) is 7.85. The molecule has 98 valence electrons. The van der Waals surface area contributed by atoms with Gasteiger partial charge in [0.2, 0.25) is 5.91 Å². The zero-order chi connectivity index (χ0) is 13.4. The molecular weight excluding hydrogens is 224 g/mol. The van der Waals surface area contributed by atoms with E-state index in [4.69, 9.17) is 5.73 Å². The number of nitrogens with one attached hydrogen (secondary N) is 1. The lowest BCUT2D eigenvalue weighted by molar-refractivity contribution is -0.119. The molecule has 2 rings (SSSR count). The number of amides is 1. The van der Waals surface area contributed by atoms with E-state index in [2.05, 4.69) is 37.4 Å². The molecule has 0 saturated heterocycles. The normalized spacial score (nSPS) is 25.5. The van der Waals surface area contributed by atoms with Crippen LogP contribution in [-0.4, -0.2) is 13.0 Å². The highest BCUT2D eigenvalue weighted by atomic mass is 16.1. The van der Waals surface area contributed by atoms with Gasteiger partial charge in [-0.25, -0.2) is 0 Å². The first-order valence-corrected chi connectivity index (χ1v) is 6.48. The molecule has 1 atom stereocenters. The smallest absolute Gasteiger partial charge is 0.219 e. The summed E-state index contributed by atoms with van der Waals surface area (Å²) in [6, 6.07) is 8.39. The van der Waals surface area contributed by atoms with E-state index in [0.717, 1.165) is 12.8 Å². The summed E-state index contributed by atoms with van der Waals surface area (Å²) in [4.78, 5) is 11.4. The van der Waals surface area contributed by atoms with Gasteiger partial charge in [-0.1, -0.05) is 38.1 Å². The largest absolute Gasteiger partial charge is 0.370 e. The maximum atomic E-state index is 11.4. The third-order valence-electron chi connectivity index (χ3n) is 4.30. The SMILES string of the molecule is CNC1(CC(N)=O)CCC(C)(C)c2ccccc21. The van der Waals surface area contributed by atoms with Gasteiger partial charge in [-0.15, -0.1) is 0 Å². The molecule has 0 bridgehead atoms. The van der Waals surface area contributed by atoms with Crippen LogP contribution in [0.3, 0.4) is 0 Å². The molecule has 3 heteroatoms. The fraction of sp³-hybridized carbons (Fsp3) is 0.533. The molecule has 1 aliphatic carbocycles. The van der Waals surface area contributed by atoms with E-state index in [1.54, 1.807) is 0 Å². The topological polar surface area (TPSA) is 55.1 Å². The Kier molecular flexibility index (Phi) is 3.20. The van der Waals surface area contributed by atoms with Crippen LogP contribution in [0, 0.1) is 0 Å². The van der Waals surface area contributed by atoms with Gasteiger partial charge < -0.3 is 11.1 Å². The number of fused-ring (bicyclic) bond motifs is 1. The van der Waals surface area contributed by atoms with Crippen molar-refractivity contribution in [2.75, 3.05) is 7.05 Å². The predicted molar refractivity (Wildman–Crippen MR) is 73.3 cm³/mol. The number of nitrogens with two attached hydrogens (primary N) is 1. The summed E-state index contributed by atoms with van der Waals surface area (Å²) in [5.74, 6) is -0.251. The monoisotopic (exact) mass is 246 g/mol. The Labute approximate surface area is 109 Å². The summed E-state index contributed by atoms with van der Waals surface area (Å²) in [5, 5.41) is 3.34. The van der Waals surface area contributed by atoms with E-state index in [-0.39, 0.29) is 16.9 Å². The van der Waals surface area contributed by atoms with Crippen LogP contribution in [0.15, 0.2) is 24.3 Å². The maximum absolute atomic E-state index is 11.4. The summed E-state index contributed by atoms with van der Waals surface area (Å²) in [6.45, 7) is 4.52. The minimum atomic E-state index is -0.294. The van der Waals surface area contributed by atoms with Gasteiger partial charge in [0.05, 0.1) is 5.54 Å². The summed E-state index contributed by atoms with van der Waals surface area (Å²) < 4.78 is 0. The number of rotatable bonds is 3. The van der Waals surface area contributed by atoms with Crippen molar-refractivity contribution in [1.29, 1.82) is 0 Å². The first-order valence-electron chi connectivity index (χ1n) is 6.48. The van der Waals surface area contributed by atoms with Crippen molar-refractivity contribution in [2.45, 2.75) is 44.1 Å². The van der Waals surface area contributed by atoms with Gasteiger partial charge in [-0.2, -0.15) is 0 Å². The average molecular weight is 246 g/mol. The van der Waals surface area contributed by atoms with Crippen LogP contribution in [0.2, 0.25) is 0 Å². The summed E-state index contributed by atoms with van der Waals surface area (Å²) >= 11 is 0. The van der Waals surface area contributed by atoms with Crippen molar-refractivity contribution >= 4 is 5.91 Å². The van der Waals surface area contributed by atoms with Gasteiger partial charge in [0.1, 0.15) is 0 Å². The van der Waals surface area contributed by atoms with E-state index >= 15 is 0 Å². The summed E-state index contributed by atoms with van der Waals surface area (Å²) in [7, 11) is 1.91. The Morgan fingerprint density at radius 1 is 1.28 bits per heavy atom. The van der Waals surface area contributed by atoms with Crippen molar-refractivity contribution in [2.24, 2.45) is 5.73 Å². The lowest BCUT2D eigenvalue weighted by Gasteiger charge is -2.45. The Bertz CT molecular complexity index is 467. The van der Waals surface area contributed by atoms with Gasteiger partial charge >= 0.3 is 0 Å². The third kappa shape index (κ3) is 2.03. The van der Waals surface area contributed by atoms with Crippen molar-refractivity contribution in [3.05, 3.63) is 35.4 Å². The molecule has 0 fully saturated rings. The van der Waals surface area contributed by atoms with Crippen LogP contribution in [0.4, 0.5) is 0 Å². The second kappa shape index (κ2) is 4.39. The van der Waals surface area contributed by atoms with Gasteiger partial charge in [0.25, 0.3) is 0 Å². The molecule has 1 amide bonds. The van der Waals surface area contributed by atoms with Crippen LogP contribution < -0.4 is 11.1 Å². The summed E-state index contributed by atoms with van der Waals surface area (Å²) in [6.07, 6.45) is 2.35. The van der Waals surface area contributed by atoms with Crippen LogP contribution in [0.1, 0.15) is 44.2 Å². The molecule has 0 radical (unpaired) electrons. The number of hydrogen-bond donors (Lipinski definition) is 2.